The molecule has 2 nitrogen and oxygen atoms in total. The SMILES string of the molecule is O=C(O)C=CCC1C2C=CC3C(c4ccccc4)C=CC4CC1C2C43. The van der Waals surface area contributed by atoms with Gasteiger partial charge in [-0.15, -0.1) is 0 Å². The molecular formula is C23H24O2. The predicted octanol–water partition coefficient (Wildman–Crippen LogP) is 4.67. The van der Waals surface area contributed by atoms with Crippen molar-refractivity contribution in [3.8, 4) is 0 Å². The molecule has 0 heterocycles. The van der Waals surface area contributed by atoms with Crippen molar-refractivity contribution in [1.29, 1.82) is 0 Å². The van der Waals surface area contributed by atoms with Crippen molar-refractivity contribution in [3.63, 3.8) is 0 Å². The molecule has 0 aliphatic heterocycles. The fourth-order valence-corrected chi connectivity index (χ4v) is 6.45. The number of carboxylic acid groups (broad SMARTS) is 1. The fraction of sp³-hybridized carbons (Fsp3) is 0.435. The van der Waals surface area contributed by atoms with Gasteiger partial charge in [-0.25, -0.2) is 4.79 Å². The lowest BCUT2D eigenvalue weighted by molar-refractivity contribution is -0.131. The minimum atomic E-state index is -0.830. The lowest BCUT2D eigenvalue weighted by Gasteiger charge is -2.54. The van der Waals surface area contributed by atoms with E-state index >= 15 is 0 Å². The van der Waals surface area contributed by atoms with E-state index in [9.17, 15) is 4.79 Å². The molecule has 0 saturated heterocycles. The van der Waals surface area contributed by atoms with E-state index < -0.39 is 5.97 Å². The molecule has 0 spiro atoms. The molecule has 1 N–H and O–H groups in total. The Hall–Kier alpha value is -2.09. The van der Waals surface area contributed by atoms with E-state index in [1.807, 2.05) is 6.08 Å². The van der Waals surface area contributed by atoms with Gasteiger partial charge in [0.15, 0.2) is 0 Å². The Kier molecular flexibility index (Phi) is 3.48. The number of rotatable bonds is 4. The second-order valence-corrected chi connectivity index (χ2v) is 8.22. The summed E-state index contributed by atoms with van der Waals surface area (Å²) in [5.74, 6) is 4.75. The molecule has 1 aromatic carbocycles. The van der Waals surface area contributed by atoms with Crippen molar-refractivity contribution in [3.05, 3.63) is 72.4 Å². The van der Waals surface area contributed by atoms with E-state index in [1.54, 1.807) is 0 Å². The summed E-state index contributed by atoms with van der Waals surface area (Å²) in [5, 5.41) is 8.83. The van der Waals surface area contributed by atoms with Crippen LogP contribution in [-0.2, 0) is 4.79 Å². The summed E-state index contributed by atoms with van der Waals surface area (Å²) in [5.41, 5.74) is 1.44. The van der Waals surface area contributed by atoms with Gasteiger partial charge in [-0.2, -0.15) is 0 Å². The van der Waals surface area contributed by atoms with Crippen molar-refractivity contribution in [2.45, 2.75) is 18.8 Å². The van der Waals surface area contributed by atoms with Crippen molar-refractivity contribution in [1.82, 2.24) is 0 Å². The fourth-order valence-electron chi connectivity index (χ4n) is 6.45. The molecule has 0 radical (unpaired) electrons. The maximum atomic E-state index is 10.7. The third kappa shape index (κ3) is 2.27. The molecule has 8 atom stereocenters. The van der Waals surface area contributed by atoms with Crippen LogP contribution in [0.1, 0.15) is 24.3 Å². The van der Waals surface area contributed by atoms with Crippen molar-refractivity contribution < 1.29 is 9.90 Å². The number of carbonyl (C=O) groups is 1. The summed E-state index contributed by atoms with van der Waals surface area (Å²) in [4.78, 5) is 10.7. The highest BCUT2D eigenvalue weighted by Crippen LogP contribution is 2.67. The number of carboxylic acids is 1. The molecule has 4 aliphatic rings. The Bertz CT molecular complexity index is 760. The Morgan fingerprint density at radius 1 is 1.04 bits per heavy atom. The summed E-state index contributed by atoms with van der Waals surface area (Å²) in [6.45, 7) is 0. The van der Waals surface area contributed by atoms with Gasteiger partial charge in [0, 0.05) is 12.0 Å². The Morgan fingerprint density at radius 3 is 2.64 bits per heavy atom. The second kappa shape index (κ2) is 5.72. The number of aliphatic carboxylic acids is 1. The average molecular weight is 332 g/mol. The predicted molar refractivity (Wildman–Crippen MR) is 97.9 cm³/mol. The molecule has 128 valence electrons. The smallest absolute Gasteiger partial charge is 0.327 e. The zero-order valence-electron chi connectivity index (χ0n) is 14.2. The first-order chi connectivity index (χ1) is 12.2. The molecule has 2 fully saturated rings. The van der Waals surface area contributed by atoms with Crippen LogP contribution >= 0.6 is 0 Å². The van der Waals surface area contributed by atoms with E-state index in [1.165, 1.54) is 18.1 Å². The van der Waals surface area contributed by atoms with Crippen LogP contribution in [0.3, 0.4) is 0 Å². The molecule has 0 aromatic heterocycles. The molecule has 0 amide bonds. The molecule has 4 aliphatic carbocycles. The Labute approximate surface area is 148 Å². The normalized spacial score (nSPS) is 43.0. The molecule has 0 bridgehead atoms. The molecule has 25 heavy (non-hydrogen) atoms. The van der Waals surface area contributed by atoms with Gasteiger partial charge in [-0.3, -0.25) is 0 Å². The van der Waals surface area contributed by atoms with Crippen LogP contribution in [-0.4, -0.2) is 11.1 Å². The number of allylic oxidation sites excluding steroid dienone is 5. The third-order valence-corrected chi connectivity index (χ3v) is 7.30. The zero-order chi connectivity index (χ0) is 17.0. The quantitative estimate of drug-likeness (QED) is 0.642. The van der Waals surface area contributed by atoms with E-state index in [-0.39, 0.29) is 0 Å². The average Bonchev–Trinajstić information content (AvgIpc) is 2.97. The summed E-state index contributed by atoms with van der Waals surface area (Å²) < 4.78 is 0. The Morgan fingerprint density at radius 2 is 1.84 bits per heavy atom. The monoisotopic (exact) mass is 332 g/mol. The van der Waals surface area contributed by atoms with Crippen LogP contribution in [0.2, 0.25) is 0 Å². The van der Waals surface area contributed by atoms with Gasteiger partial charge in [-0.05, 0) is 59.8 Å². The highest BCUT2D eigenvalue weighted by molar-refractivity contribution is 5.79. The minimum absolute atomic E-state index is 0.518. The number of hydrogen-bond acceptors (Lipinski definition) is 1. The minimum Gasteiger partial charge on any atom is -0.478 e. The van der Waals surface area contributed by atoms with Crippen LogP contribution in [0.25, 0.3) is 0 Å². The van der Waals surface area contributed by atoms with Crippen molar-refractivity contribution >= 4 is 5.97 Å². The lowest BCUT2D eigenvalue weighted by Crippen LogP contribution is -2.49. The summed E-state index contributed by atoms with van der Waals surface area (Å²) in [6.07, 6.45) is 15.3. The van der Waals surface area contributed by atoms with Crippen molar-refractivity contribution in [2.75, 3.05) is 0 Å². The van der Waals surface area contributed by atoms with E-state index in [2.05, 4.69) is 54.6 Å². The van der Waals surface area contributed by atoms with Crippen LogP contribution in [0.4, 0.5) is 0 Å². The van der Waals surface area contributed by atoms with E-state index in [0.717, 1.165) is 30.1 Å². The highest BCUT2D eigenvalue weighted by Gasteiger charge is 2.61. The molecule has 2 saturated carbocycles. The van der Waals surface area contributed by atoms with E-state index in [0.29, 0.717) is 23.7 Å². The first kappa shape index (κ1) is 15.2. The Balaban J connectivity index is 1.42. The van der Waals surface area contributed by atoms with Crippen molar-refractivity contribution in [2.24, 2.45) is 41.4 Å². The lowest BCUT2D eigenvalue weighted by atomic mass is 9.50. The number of hydrogen-bond donors (Lipinski definition) is 1. The molecule has 8 unspecified atom stereocenters. The van der Waals surface area contributed by atoms with Crippen LogP contribution in [0.15, 0.2) is 66.8 Å². The van der Waals surface area contributed by atoms with Gasteiger partial charge < -0.3 is 5.11 Å². The molecular weight excluding hydrogens is 308 g/mol. The molecule has 1 aromatic rings. The molecule has 5 rings (SSSR count). The topological polar surface area (TPSA) is 37.3 Å². The largest absolute Gasteiger partial charge is 0.478 e. The molecule has 2 heteroatoms. The van der Waals surface area contributed by atoms with Gasteiger partial charge in [0.05, 0.1) is 0 Å². The van der Waals surface area contributed by atoms with Crippen LogP contribution < -0.4 is 0 Å². The first-order valence-electron chi connectivity index (χ1n) is 9.55. The van der Waals surface area contributed by atoms with Gasteiger partial charge in [-0.1, -0.05) is 60.7 Å². The van der Waals surface area contributed by atoms with Gasteiger partial charge >= 0.3 is 5.97 Å². The van der Waals surface area contributed by atoms with E-state index in [4.69, 9.17) is 5.11 Å². The van der Waals surface area contributed by atoms with Crippen LogP contribution in [0, 0.1) is 41.4 Å². The van der Waals surface area contributed by atoms with Gasteiger partial charge in [0.2, 0.25) is 0 Å². The first-order valence-corrected chi connectivity index (χ1v) is 9.55. The van der Waals surface area contributed by atoms with Gasteiger partial charge in [0.1, 0.15) is 0 Å². The van der Waals surface area contributed by atoms with Gasteiger partial charge in [0.25, 0.3) is 0 Å². The maximum Gasteiger partial charge on any atom is 0.327 e. The summed E-state index contributed by atoms with van der Waals surface area (Å²) >= 11 is 0. The second-order valence-electron chi connectivity index (χ2n) is 8.22. The summed E-state index contributed by atoms with van der Waals surface area (Å²) in [7, 11) is 0. The number of benzene rings is 1. The van der Waals surface area contributed by atoms with Crippen LogP contribution in [0.5, 0.6) is 0 Å². The summed E-state index contributed by atoms with van der Waals surface area (Å²) in [6, 6.07) is 10.9. The zero-order valence-corrected chi connectivity index (χ0v) is 14.2. The highest BCUT2D eigenvalue weighted by atomic mass is 16.4. The third-order valence-electron chi connectivity index (χ3n) is 7.30. The standard InChI is InChI=1S/C23H24O2/c24-21(25)8-4-7-17-19-12-11-18-16(14-5-2-1-3-6-14)10-9-15-13-20(17)23(19)22(15)18/h1-6,8-12,15-20,22-23H,7,13H2,(H,24,25). The maximum absolute atomic E-state index is 10.7.